The number of hydrogen-bond acceptors (Lipinski definition) is 3. The van der Waals surface area contributed by atoms with Gasteiger partial charge in [0.15, 0.2) is 0 Å². The van der Waals surface area contributed by atoms with Gasteiger partial charge in [0, 0.05) is 10.8 Å². The van der Waals surface area contributed by atoms with E-state index in [4.69, 9.17) is 10.5 Å². The second kappa shape index (κ2) is 5.32. The molecular weight excluding hydrogens is 230 g/mol. The van der Waals surface area contributed by atoms with Crippen LogP contribution in [0.15, 0.2) is 24.3 Å². The molecule has 2 unspecified atom stereocenters. The highest BCUT2D eigenvalue weighted by Crippen LogP contribution is 2.45. The lowest BCUT2D eigenvalue weighted by Gasteiger charge is -2.30. The summed E-state index contributed by atoms with van der Waals surface area (Å²) in [5, 5.41) is 0. The monoisotopic (exact) mass is 251 g/mol. The van der Waals surface area contributed by atoms with Crippen molar-refractivity contribution in [2.45, 2.75) is 37.5 Å². The van der Waals surface area contributed by atoms with E-state index < -0.39 is 0 Å². The fraction of sp³-hybridized carbons (Fsp3) is 0.571. The van der Waals surface area contributed by atoms with Crippen LogP contribution in [0.1, 0.15) is 38.3 Å². The normalized spacial score (nSPS) is 25.8. The van der Waals surface area contributed by atoms with Crippen molar-refractivity contribution in [3.8, 4) is 5.75 Å². The van der Waals surface area contributed by atoms with Crippen LogP contribution in [0.3, 0.4) is 0 Å². The molecule has 94 valence electrons. The van der Waals surface area contributed by atoms with Gasteiger partial charge < -0.3 is 10.5 Å². The quantitative estimate of drug-likeness (QED) is 0.891. The molecule has 3 heteroatoms. The molecule has 1 heterocycles. The Bertz CT molecular complexity index is 374. The molecule has 0 spiro atoms. The topological polar surface area (TPSA) is 35.2 Å². The molecule has 0 aromatic heterocycles. The molecule has 2 atom stereocenters. The van der Waals surface area contributed by atoms with Crippen molar-refractivity contribution in [3.05, 3.63) is 29.8 Å². The van der Waals surface area contributed by atoms with Crippen molar-refractivity contribution >= 4 is 11.8 Å². The number of ether oxygens (including phenoxy) is 1. The minimum atomic E-state index is 0.0930. The van der Waals surface area contributed by atoms with E-state index in [1.54, 1.807) is 0 Å². The number of rotatable bonds is 4. The van der Waals surface area contributed by atoms with Gasteiger partial charge in [-0.05, 0) is 50.1 Å². The predicted octanol–water partition coefficient (Wildman–Crippen LogP) is 3.37. The number of benzene rings is 1. The minimum absolute atomic E-state index is 0.0930. The van der Waals surface area contributed by atoms with Gasteiger partial charge in [-0.3, -0.25) is 0 Å². The zero-order valence-electron chi connectivity index (χ0n) is 10.6. The van der Waals surface area contributed by atoms with Crippen LogP contribution in [0, 0.1) is 0 Å². The Morgan fingerprint density at radius 3 is 3.00 bits per heavy atom. The van der Waals surface area contributed by atoms with Gasteiger partial charge in [-0.1, -0.05) is 12.1 Å². The minimum Gasteiger partial charge on any atom is -0.494 e. The molecule has 2 nitrogen and oxygen atoms in total. The van der Waals surface area contributed by atoms with Crippen LogP contribution >= 0.6 is 11.8 Å². The highest BCUT2D eigenvalue weighted by Gasteiger charge is 2.36. The first kappa shape index (κ1) is 12.8. The number of nitrogens with two attached hydrogens (primary N) is 1. The zero-order chi connectivity index (χ0) is 12.3. The molecule has 2 N–H and O–H groups in total. The lowest BCUT2D eigenvalue weighted by molar-refractivity contribution is 0.339. The third kappa shape index (κ3) is 2.78. The average Bonchev–Trinajstić information content (AvgIpc) is 2.77. The third-order valence-corrected chi connectivity index (χ3v) is 5.05. The van der Waals surface area contributed by atoms with E-state index in [9.17, 15) is 0 Å². The summed E-state index contributed by atoms with van der Waals surface area (Å²) >= 11 is 2.00. The molecule has 0 amide bonds. The Labute approximate surface area is 108 Å². The molecular formula is C14H21NOS. The van der Waals surface area contributed by atoms with Gasteiger partial charge in [0.25, 0.3) is 0 Å². The first-order valence-corrected chi connectivity index (χ1v) is 7.26. The van der Waals surface area contributed by atoms with Crippen LogP contribution in [0.4, 0.5) is 0 Å². The van der Waals surface area contributed by atoms with E-state index >= 15 is 0 Å². The van der Waals surface area contributed by atoms with Crippen LogP contribution in [-0.4, -0.2) is 17.1 Å². The van der Waals surface area contributed by atoms with Crippen molar-refractivity contribution in [1.82, 2.24) is 0 Å². The van der Waals surface area contributed by atoms with E-state index in [0.717, 1.165) is 5.75 Å². The molecule has 1 fully saturated rings. The van der Waals surface area contributed by atoms with E-state index in [1.165, 1.54) is 24.2 Å². The van der Waals surface area contributed by atoms with E-state index in [2.05, 4.69) is 19.1 Å². The summed E-state index contributed by atoms with van der Waals surface area (Å²) in [5.41, 5.74) is 7.61. The Hall–Kier alpha value is -0.670. The van der Waals surface area contributed by atoms with Gasteiger partial charge in [-0.15, -0.1) is 0 Å². The van der Waals surface area contributed by atoms with Gasteiger partial charge in [-0.2, -0.15) is 11.8 Å². The summed E-state index contributed by atoms with van der Waals surface area (Å²) < 4.78 is 5.72. The van der Waals surface area contributed by atoms with Crippen LogP contribution in [-0.2, 0) is 0 Å². The molecule has 1 aromatic carbocycles. The predicted molar refractivity (Wildman–Crippen MR) is 74.6 cm³/mol. The Morgan fingerprint density at radius 2 is 2.35 bits per heavy atom. The van der Waals surface area contributed by atoms with Gasteiger partial charge in [0.2, 0.25) is 0 Å². The molecule has 2 rings (SSSR count). The average molecular weight is 251 g/mol. The van der Waals surface area contributed by atoms with Crippen LogP contribution in [0.25, 0.3) is 0 Å². The second-order valence-corrected chi connectivity index (χ2v) is 6.38. The third-order valence-electron chi connectivity index (χ3n) is 3.44. The maximum atomic E-state index is 6.42. The zero-order valence-corrected chi connectivity index (χ0v) is 11.4. The molecule has 0 aliphatic carbocycles. The summed E-state index contributed by atoms with van der Waals surface area (Å²) in [5.74, 6) is 2.15. The standard InChI is InChI=1S/C14H21NOS/c1-3-16-12-7-4-6-11(10-12)13(15)14(2)8-5-9-17-14/h4,6-7,10,13H,3,5,8-9,15H2,1-2H3. The van der Waals surface area contributed by atoms with Crippen LogP contribution in [0.2, 0.25) is 0 Å². The summed E-state index contributed by atoms with van der Waals surface area (Å²) in [7, 11) is 0. The summed E-state index contributed by atoms with van der Waals surface area (Å²) in [6.45, 7) is 4.98. The molecule has 0 radical (unpaired) electrons. The molecule has 0 bridgehead atoms. The molecule has 17 heavy (non-hydrogen) atoms. The van der Waals surface area contributed by atoms with Crippen LogP contribution in [0.5, 0.6) is 5.75 Å². The van der Waals surface area contributed by atoms with E-state index in [-0.39, 0.29) is 10.8 Å². The molecule has 1 aliphatic rings. The van der Waals surface area contributed by atoms with E-state index in [1.807, 2.05) is 30.8 Å². The molecule has 1 saturated heterocycles. The molecule has 1 aliphatic heterocycles. The van der Waals surface area contributed by atoms with E-state index in [0.29, 0.717) is 6.61 Å². The second-order valence-electron chi connectivity index (χ2n) is 4.75. The first-order chi connectivity index (χ1) is 8.15. The highest BCUT2D eigenvalue weighted by molar-refractivity contribution is 8.00. The molecule has 0 saturated carbocycles. The number of thioether (sulfide) groups is 1. The fourth-order valence-electron chi connectivity index (χ4n) is 2.36. The maximum absolute atomic E-state index is 6.42. The SMILES string of the molecule is CCOc1cccc(C(N)C2(C)CCCS2)c1. The highest BCUT2D eigenvalue weighted by atomic mass is 32.2. The molecule has 1 aromatic rings. The van der Waals surface area contributed by atoms with Crippen molar-refractivity contribution in [2.75, 3.05) is 12.4 Å². The van der Waals surface area contributed by atoms with Crippen molar-refractivity contribution in [1.29, 1.82) is 0 Å². The summed E-state index contributed by atoms with van der Waals surface area (Å²) in [6, 6.07) is 8.30. The Morgan fingerprint density at radius 1 is 1.53 bits per heavy atom. The number of hydrogen-bond donors (Lipinski definition) is 1. The first-order valence-electron chi connectivity index (χ1n) is 6.28. The van der Waals surface area contributed by atoms with Gasteiger partial charge in [0.05, 0.1) is 6.61 Å². The van der Waals surface area contributed by atoms with Gasteiger partial charge in [0.1, 0.15) is 5.75 Å². The van der Waals surface area contributed by atoms with Crippen molar-refractivity contribution < 1.29 is 4.74 Å². The summed E-state index contributed by atoms with van der Waals surface area (Å²) in [6.07, 6.45) is 2.48. The largest absolute Gasteiger partial charge is 0.494 e. The van der Waals surface area contributed by atoms with Crippen molar-refractivity contribution in [3.63, 3.8) is 0 Å². The van der Waals surface area contributed by atoms with Gasteiger partial charge >= 0.3 is 0 Å². The lowest BCUT2D eigenvalue weighted by atomic mass is 9.91. The summed E-state index contributed by atoms with van der Waals surface area (Å²) in [4.78, 5) is 0. The smallest absolute Gasteiger partial charge is 0.119 e. The van der Waals surface area contributed by atoms with Crippen molar-refractivity contribution in [2.24, 2.45) is 5.73 Å². The lowest BCUT2D eigenvalue weighted by Crippen LogP contribution is -2.33. The van der Waals surface area contributed by atoms with Gasteiger partial charge in [-0.25, -0.2) is 0 Å². The fourth-order valence-corrected chi connectivity index (χ4v) is 3.72. The Balaban J connectivity index is 2.18. The van der Waals surface area contributed by atoms with Crippen LogP contribution < -0.4 is 10.5 Å². The Kier molecular flexibility index (Phi) is 4.00. The maximum Gasteiger partial charge on any atom is 0.119 e.